The second kappa shape index (κ2) is 4.76. The summed E-state index contributed by atoms with van der Waals surface area (Å²) in [4.78, 5) is 25.4. The summed E-state index contributed by atoms with van der Waals surface area (Å²) in [6.07, 6.45) is 11.9. The van der Waals surface area contributed by atoms with E-state index in [1.54, 1.807) is 6.08 Å². The average Bonchev–Trinajstić information content (AvgIpc) is 3.20. The molecule has 0 N–H and O–H groups in total. The molecule has 1 aromatic carbocycles. The minimum absolute atomic E-state index is 0.113. The zero-order chi connectivity index (χ0) is 16.3. The number of nitrogens with zero attached hydrogens (tertiary/aromatic N) is 2. The summed E-state index contributed by atoms with van der Waals surface area (Å²) in [5.74, 6) is -0.0708. The molecule has 2 saturated carbocycles. The molecule has 0 aromatic heterocycles. The Balaban J connectivity index is 1.34. The van der Waals surface area contributed by atoms with Gasteiger partial charge in [0.25, 0.3) is 11.8 Å². The Labute approximate surface area is 140 Å². The fourth-order valence-corrected chi connectivity index (χ4v) is 5.00. The summed E-state index contributed by atoms with van der Waals surface area (Å²) in [6.45, 7) is 0. The highest BCUT2D eigenvalue weighted by Crippen LogP contribution is 2.73. The summed E-state index contributed by atoms with van der Waals surface area (Å²) < 4.78 is 0. The van der Waals surface area contributed by atoms with Crippen LogP contribution >= 0.6 is 0 Å². The molecule has 4 nitrogen and oxygen atoms in total. The first-order valence-corrected chi connectivity index (χ1v) is 8.54. The molecule has 5 rings (SSSR count). The molecule has 4 heteroatoms. The van der Waals surface area contributed by atoms with Crippen molar-refractivity contribution in [2.45, 2.75) is 12.8 Å². The van der Waals surface area contributed by atoms with Gasteiger partial charge in [0.15, 0.2) is 0 Å². The molecule has 1 spiro atoms. The Kier molecular flexibility index (Phi) is 2.76. The van der Waals surface area contributed by atoms with Crippen molar-refractivity contribution in [2.75, 3.05) is 0 Å². The Morgan fingerprint density at radius 2 is 1.62 bits per heavy atom. The van der Waals surface area contributed by atoms with Crippen molar-refractivity contribution < 1.29 is 9.59 Å². The maximum Gasteiger partial charge on any atom is 0.254 e. The van der Waals surface area contributed by atoms with Gasteiger partial charge in [-0.25, -0.2) is 0 Å². The van der Waals surface area contributed by atoms with Gasteiger partial charge < -0.3 is 0 Å². The van der Waals surface area contributed by atoms with Crippen molar-refractivity contribution in [2.24, 2.45) is 34.2 Å². The maximum atomic E-state index is 12.7. The molecule has 4 aliphatic rings. The van der Waals surface area contributed by atoms with E-state index in [9.17, 15) is 9.59 Å². The number of carbonyl (C=O) groups excluding carboxylic acids is 2. The lowest BCUT2D eigenvalue weighted by atomic mass is 9.85. The van der Waals surface area contributed by atoms with Crippen LogP contribution in [-0.2, 0) is 9.59 Å². The number of hydrogen-bond acceptors (Lipinski definition) is 3. The van der Waals surface area contributed by atoms with Gasteiger partial charge in [0.05, 0.1) is 11.8 Å². The van der Waals surface area contributed by atoms with Gasteiger partial charge >= 0.3 is 0 Å². The molecular formula is C20H18N2O2. The van der Waals surface area contributed by atoms with E-state index >= 15 is 0 Å². The Morgan fingerprint density at radius 3 is 2.21 bits per heavy atom. The average molecular weight is 318 g/mol. The SMILES string of the molecule is O=C1[C@@H]2[C@H](C(=O)N1/N=C\C=C\c1ccccc1)[C@H]1C=C[C@@H]2C12CC2. The van der Waals surface area contributed by atoms with E-state index in [1.807, 2.05) is 36.4 Å². The standard InChI is InChI=1S/C20H18N2O2/c23-18-16-14-8-9-15(20(14)10-11-20)17(16)19(24)22(18)21-12-4-7-13-5-2-1-3-6-13/h1-9,12,14-17H,10-11H2/b7-4+,21-12-/t14-,15+,16-,17+. The van der Waals surface area contributed by atoms with E-state index in [4.69, 9.17) is 0 Å². The van der Waals surface area contributed by atoms with Gasteiger partial charge in [-0.1, -0.05) is 48.6 Å². The summed E-state index contributed by atoms with van der Waals surface area (Å²) in [5, 5.41) is 5.25. The number of imide groups is 1. The Hall–Kier alpha value is -2.49. The molecule has 1 saturated heterocycles. The molecule has 1 aliphatic heterocycles. The van der Waals surface area contributed by atoms with Crippen LogP contribution in [0.1, 0.15) is 18.4 Å². The van der Waals surface area contributed by atoms with Crippen LogP contribution in [0.5, 0.6) is 0 Å². The van der Waals surface area contributed by atoms with Gasteiger partial charge in [-0.15, -0.1) is 0 Å². The zero-order valence-corrected chi connectivity index (χ0v) is 13.2. The predicted octanol–water partition coefficient (Wildman–Crippen LogP) is 2.88. The molecule has 2 bridgehead atoms. The summed E-state index contributed by atoms with van der Waals surface area (Å²) >= 11 is 0. The quantitative estimate of drug-likeness (QED) is 0.489. The first kappa shape index (κ1) is 13.9. The minimum atomic E-state index is -0.176. The van der Waals surface area contributed by atoms with Gasteiger partial charge in [0.2, 0.25) is 0 Å². The molecule has 0 radical (unpaired) electrons. The number of hydrogen-bond donors (Lipinski definition) is 0. The summed E-state index contributed by atoms with van der Waals surface area (Å²) in [6, 6.07) is 9.85. The normalized spacial score (nSPS) is 35.1. The largest absolute Gasteiger partial charge is 0.272 e. The highest BCUT2D eigenvalue weighted by molar-refractivity contribution is 6.07. The lowest BCUT2D eigenvalue weighted by Crippen LogP contribution is -2.30. The highest BCUT2D eigenvalue weighted by Gasteiger charge is 2.73. The van der Waals surface area contributed by atoms with E-state index in [1.165, 1.54) is 6.21 Å². The number of allylic oxidation sites excluding steroid dienone is 3. The van der Waals surface area contributed by atoms with E-state index in [0.717, 1.165) is 23.4 Å². The van der Waals surface area contributed by atoms with Crippen molar-refractivity contribution in [1.29, 1.82) is 0 Å². The van der Waals surface area contributed by atoms with Crippen molar-refractivity contribution >= 4 is 24.1 Å². The van der Waals surface area contributed by atoms with Crippen LogP contribution in [0.4, 0.5) is 0 Å². The smallest absolute Gasteiger partial charge is 0.254 e. The molecular weight excluding hydrogens is 300 g/mol. The monoisotopic (exact) mass is 318 g/mol. The minimum Gasteiger partial charge on any atom is -0.272 e. The van der Waals surface area contributed by atoms with Gasteiger partial charge in [-0.3, -0.25) is 9.59 Å². The highest BCUT2D eigenvalue weighted by atomic mass is 16.2. The van der Waals surface area contributed by atoms with Crippen LogP contribution in [0, 0.1) is 29.1 Å². The van der Waals surface area contributed by atoms with Gasteiger partial charge in [-0.2, -0.15) is 10.1 Å². The first-order valence-electron chi connectivity index (χ1n) is 8.54. The van der Waals surface area contributed by atoms with Gasteiger partial charge in [0, 0.05) is 6.21 Å². The summed E-state index contributed by atoms with van der Waals surface area (Å²) in [7, 11) is 0. The second-order valence-corrected chi connectivity index (χ2v) is 7.24. The van der Waals surface area contributed by atoms with Crippen LogP contribution in [0.15, 0.2) is 53.7 Å². The molecule has 24 heavy (non-hydrogen) atoms. The second-order valence-electron chi connectivity index (χ2n) is 7.24. The number of hydrazone groups is 1. The third kappa shape index (κ3) is 1.71. The molecule has 0 unspecified atom stereocenters. The number of benzene rings is 1. The van der Waals surface area contributed by atoms with E-state index in [0.29, 0.717) is 0 Å². The zero-order valence-electron chi connectivity index (χ0n) is 13.2. The lowest BCUT2D eigenvalue weighted by Gasteiger charge is -2.18. The third-order valence-corrected chi connectivity index (χ3v) is 6.19. The number of fused-ring (bicyclic) bond motifs is 3. The topological polar surface area (TPSA) is 49.7 Å². The maximum absolute atomic E-state index is 12.7. The Morgan fingerprint density at radius 1 is 1.00 bits per heavy atom. The Bertz CT molecular complexity index is 770. The molecule has 2 amide bonds. The van der Waals surface area contributed by atoms with Crippen molar-refractivity contribution in [3.05, 3.63) is 54.1 Å². The van der Waals surface area contributed by atoms with Gasteiger partial charge in [-0.05, 0) is 41.7 Å². The fraction of sp³-hybridized carbons (Fsp3) is 0.350. The summed E-state index contributed by atoms with van der Waals surface area (Å²) in [5.41, 5.74) is 1.29. The number of amides is 2. The van der Waals surface area contributed by atoms with Crippen molar-refractivity contribution in [1.82, 2.24) is 5.01 Å². The van der Waals surface area contributed by atoms with Crippen LogP contribution in [0.3, 0.4) is 0 Å². The first-order chi connectivity index (χ1) is 11.7. The molecule has 4 atom stereocenters. The predicted molar refractivity (Wildman–Crippen MR) is 90.6 cm³/mol. The van der Waals surface area contributed by atoms with Crippen molar-refractivity contribution in [3.8, 4) is 0 Å². The fourth-order valence-electron chi connectivity index (χ4n) is 5.00. The van der Waals surface area contributed by atoms with Crippen molar-refractivity contribution in [3.63, 3.8) is 0 Å². The third-order valence-electron chi connectivity index (χ3n) is 6.19. The van der Waals surface area contributed by atoms with Crippen LogP contribution < -0.4 is 0 Å². The van der Waals surface area contributed by atoms with E-state index in [2.05, 4.69) is 17.3 Å². The molecule has 3 aliphatic carbocycles. The number of rotatable bonds is 3. The lowest BCUT2D eigenvalue weighted by molar-refractivity contribution is -0.141. The molecule has 120 valence electrons. The molecule has 1 aromatic rings. The molecule has 1 heterocycles. The van der Waals surface area contributed by atoms with Crippen LogP contribution in [0.2, 0.25) is 0 Å². The van der Waals surface area contributed by atoms with E-state index < -0.39 is 0 Å². The van der Waals surface area contributed by atoms with Gasteiger partial charge in [0.1, 0.15) is 0 Å². The van der Waals surface area contributed by atoms with E-state index in [-0.39, 0.29) is 40.9 Å². The van der Waals surface area contributed by atoms with Crippen LogP contribution in [0.25, 0.3) is 6.08 Å². The number of carbonyl (C=O) groups is 2. The molecule has 3 fully saturated rings. The van der Waals surface area contributed by atoms with Crippen LogP contribution in [-0.4, -0.2) is 23.0 Å².